The molecule has 1 fully saturated rings. The van der Waals surface area contributed by atoms with Crippen LogP contribution >= 0.6 is 0 Å². The Morgan fingerprint density at radius 1 is 1.29 bits per heavy atom. The number of hydrogen-bond donors (Lipinski definition) is 1. The van der Waals surface area contributed by atoms with Crippen molar-refractivity contribution < 1.29 is 0 Å². The highest BCUT2D eigenvalue weighted by atomic mass is 15.2. The Balaban J connectivity index is 2.38. The van der Waals surface area contributed by atoms with Crippen molar-refractivity contribution in [2.45, 2.75) is 64.0 Å². The smallest absolute Gasteiger partial charge is 0.0104 e. The predicted octanol–water partition coefficient (Wildman–Crippen LogP) is 2.38. The Bertz CT molecular complexity index is 137. The summed E-state index contributed by atoms with van der Waals surface area (Å²) in [6, 6.07) is 1.54. The van der Waals surface area contributed by atoms with Gasteiger partial charge >= 0.3 is 0 Å². The highest BCUT2D eigenvalue weighted by Gasteiger charge is 2.22. The number of rotatable bonds is 5. The molecule has 0 aromatic rings. The van der Waals surface area contributed by atoms with E-state index in [2.05, 4.69) is 18.9 Å². The summed E-state index contributed by atoms with van der Waals surface area (Å²) in [5.74, 6) is 0. The van der Waals surface area contributed by atoms with Crippen LogP contribution in [0, 0.1) is 0 Å². The van der Waals surface area contributed by atoms with Gasteiger partial charge in [-0.3, -0.25) is 0 Å². The summed E-state index contributed by atoms with van der Waals surface area (Å²) in [6.45, 7) is 3.11. The van der Waals surface area contributed by atoms with Crippen LogP contribution in [0.5, 0.6) is 0 Å². The third-order valence-electron chi connectivity index (χ3n) is 3.70. The molecule has 84 valence electrons. The molecule has 0 radical (unpaired) electrons. The van der Waals surface area contributed by atoms with E-state index in [0.29, 0.717) is 6.04 Å². The van der Waals surface area contributed by atoms with Gasteiger partial charge in [-0.1, -0.05) is 26.2 Å². The number of nitrogens with zero attached hydrogens (tertiary/aromatic N) is 1. The minimum Gasteiger partial charge on any atom is -0.330 e. The Kier molecular flexibility index (Phi) is 5.49. The van der Waals surface area contributed by atoms with E-state index < -0.39 is 0 Å². The van der Waals surface area contributed by atoms with E-state index in [-0.39, 0.29) is 0 Å². The van der Waals surface area contributed by atoms with Crippen molar-refractivity contribution in [2.24, 2.45) is 5.73 Å². The zero-order chi connectivity index (χ0) is 10.4. The van der Waals surface area contributed by atoms with Gasteiger partial charge in [0.2, 0.25) is 0 Å². The maximum Gasteiger partial charge on any atom is 0.0104 e. The highest BCUT2D eigenvalue weighted by molar-refractivity contribution is 4.78. The van der Waals surface area contributed by atoms with Crippen LogP contribution in [0.15, 0.2) is 0 Å². The van der Waals surface area contributed by atoms with E-state index in [0.717, 1.165) is 19.0 Å². The van der Waals surface area contributed by atoms with Crippen molar-refractivity contribution in [3.8, 4) is 0 Å². The van der Waals surface area contributed by atoms with Gasteiger partial charge in [0.05, 0.1) is 0 Å². The van der Waals surface area contributed by atoms with Crippen molar-refractivity contribution in [3.05, 3.63) is 0 Å². The third kappa shape index (κ3) is 3.25. The molecule has 1 saturated carbocycles. The van der Waals surface area contributed by atoms with Gasteiger partial charge < -0.3 is 10.6 Å². The molecule has 0 amide bonds. The first kappa shape index (κ1) is 12.0. The minimum atomic E-state index is 0.711. The zero-order valence-electron chi connectivity index (χ0n) is 9.84. The molecule has 0 aliphatic heterocycles. The van der Waals surface area contributed by atoms with Gasteiger partial charge in [0, 0.05) is 12.1 Å². The second-order valence-electron chi connectivity index (χ2n) is 4.60. The SMILES string of the molecule is CCC(CCN)N(C)C1CCCCC1. The van der Waals surface area contributed by atoms with Crippen LogP contribution in [0.1, 0.15) is 51.9 Å². The summed E-state index contributed by atoms with van der Waals surface area (Å²) >= 11 is 0. The Morgan fingerprint density at radius 3 is 2.43 bits per heavy atom. The van der Waals surface area contributed by atoms with E-state index in [1.54, 1.807) is 0 Å². The van der Waals surface area contributed by atoms with E-state index in [4.69, 9.17) is 5.73 Å². The van der Waals surface area contributed by atoms with Crippen molar-refractivity contribution in [3.63, 3.8) is 0 Å². The maximum atomic E-state index is 5.65. The second-order valence-corrected chi connectivity index (χ2v) is 4.60. The average Bonchev–Trinajstić information content (AvgIpc) is 2.26. The Morgan fingerprint density at radius 2 is 1.93 bits per heavy atom. The third-order valence-corrected chi connectivity index (χ3v) is 3.70. The lowest BCUT2D eigenvalue weighted by Crippen LogP contribution is -2.41. The molecule has 14 heavy (non-hydrogen) atoms. The molecular formula is C12H26N2. The topological polar surface area (TPSA) is 29.3 Å². The first-order valence-corrected chi connectivity index (χ1v) is 6.21. The quantitative estimate of drug-likeness (QED) is 0.735. The Hall–Kier alpha value is -0.0800. The van der Waals surface area contributed by atoms with Crippen LogP contribution in [0.25, 0.3) is 0 Å². The lowest BCUT2D eigenvalue weighted by Gasteiger charge is -2.36. The van der Waals surface area contributed by atoms with Gasteiger partial charge in [0.1, 0.15) is 0 Å². The first-order chi connectivity index (χ1) is 6.79. The molecule has 1 aliphatic rings. The molecular weight excluding hydrogens is 172 g/mol. The van der Waals surface area contributed by atoms with Gasteiger partial charge in [-0.15, -0.1) is 0 Å². The number of nitrogens with two attached hydrogens (primary N) is 1. The second kappa shape index (κ2) is 6.41. The van der Waals surface area contributed by atoms with Crippen LogP contribution in [-0.4, -0.2) is 30.6 Å². The van der Waals surface area contributed by atoms with Crippen LogP contribution in [0.3, 0.4) is 0 Å². The molecule has 0 saturated heterocycles. The zero-order valence-corrected chi connectivity index (χ0v) is 9.84. The molecule has 0 bridgehead atoms. The lowest BCUT2D eigenvalue weighted by atomic mass is 9.93. The molecule has 0 spiro atoms. The van der Waals surface area contributed by atoms with Gasteiger partial charge in [-0.25, -0.2) is 0 Å². The summed E-state index contributed by atoms with van der Waals surface area (Å²) in [7, 11) is 2.29. The standard InChI is InChI=1S/C12H26N2/c1-3-11(9-10-13)14(2)12-7-5-4-6-8-12/h11-12H,3-10,13H2,1-2H3. The largest absolute Gasteiger partial charge is 0.330 e. The minimum absolute atomic E-state index is 0.711. The maximum absolute atomic E-state index is 5.65. The predicted molar refractivity (Wildman–Crippen MR) is 62.4 cm³/mol. The lowest BCUT2D eigenvalue weighted by molar-refractivity contribution is 0.129. The average molecular weight is 198 g/mol. The van der Waals surface area contributed by atoms with E-state index in [9.17, 15) is 0 Å². The summed E-state index contributed by atoms with van der Waals surface area (Å²) < 4.78 is 0. The van der Waals surface area contributed by atoms with Crippen molar-refractivity contribution in [1.29, 1.82) is 0 Å². The number of hydrogen-bond acceptors (Lipinski definition) is 2. The fraction of sp³-hybridized carbons (Fsp3) is 1.00. The Labute approximate surface area is 88.8 Å². The van der Waals surface area contributed by atoms with Gasteiger partial charge in [0.25, 0.3) is 0 Å². The van der Waals surface area contributed by atoms with E-state index in [1.165, 1.54) is 38.5 Å². The summed E-state index contributed by atoms with van der Waals surface area (Å²) in [6.07, 6.45) is 9.49. The van der Waals surface area contributed by atoms with Crippen molar-refractivity contribution in [1.82, 2.24) is 4.90 Å². The molecule has 1 unspecified atom stereocenters. The molecule has 2 nitrogen and oxygen atoms in total. The van der Waals surface area contributed by atoms with Crippen LogP contribution < -0.4 is 5.73 Å². The fourth-order valence-electron chi connectivity index (χ4n) is 2.67. The normalized spacial score (nSPS) is 21.4. The van der Waals surface area contributed by atoms with E-state index >= 15 is 0 Å². The molecule has 0 heterocycles. The molecule has 2 heteroatoms. The van der Waals surface area contributed by atoms with Crippen molar-refractivity contribution in [2.75, 3.05) is 13.6 Å². The summed E-state index contributed by atoms with van der Waals surface area (Å²) in [5, 5.41) is 0. The molecule has 0 aromatic heterocycles. The van der Waals surface area contributed by atoms with Gasteiger partial charge in [-0.05, 0) is 39.3 Å². The molecule has 0 aromatic carbocycles. The van der Waals surface area contributed by atoms with Crippen LogP contribution in [0.2, 0.25) is 0 Å². The summed E-state index contributed by atoms with van der Waals surface area (Å²) in [4.78, 5) is 2.59. The monoisotopic (exact) mass is 198 g/mol. The molecule has 2 N–H and O–H groups in total. The summed E-state index contributed by atoms with van der Waals surface area (Å²) in [5.41, 5.74) is 5.65. The molecule has 1 aliphatic carbocycles. The van der Waals surface area contributed by atoms with E-state index in [1.807, 2.05) is 0 Å². The molecule has 1 rings (SSSR count). The van der Waals surface area contributed by atoms with Crippen LogP contribution in [-0.2, 0) is 0 Å². The van der Waals surface area contributed by atoms with Crippen molar-refractivity contribution >= 4 is 0 Å². The van der Waals surface area contributed by atoms with Gasteiger partial charge in [-0.2, -0.15) is 0 Å². The molecule has 1 atom stereocenters. The van der Waals surface area contributed by atoms with Gasteiger partial charge in [0.15, 0.2) is 0 Å². The fourth-order valence-corrected chi connectivity index (χ4v) is 2.67. The first-order valence-electron chi connectivity index (χ1n) is 6.21. The van der Waals surface area contributed by atoms with Crippen LogP contribution in [0.4, 0.5) is 0 Å². The highest BCUT2D eigenvalue weighted by Crippen LogP contribution is 2.24.